The van der Waals surface area contributed by atoms with Crippen LogP contribution in [-0.2, 0) is 6.42 Å². The minimum Gasteiger partial charge on any atom is -0.383 e. The second kappa shape index (κ2) is 5.20. The molecule has 0 spiro atoms. The van der Waals surface area contributed by atoms with Crippen LogP contribution < -0.4 is 11.1 Å². The van der Waals surface area contributed by atoms with Crippen LogP contribution in [-0.4, -0.2) is 22.2 Å². The van der Waals surface area contributed by atoms with Gasteiger partial charge >= 0.3 is 6.18 Å². The van der Waals surface area contributed by atoms with E-state index in [-0.39, 0.29) is 0 Å². The smallest absolute Gasteiger partial charge is 0.383 e. The molecule has 0 aliphatic carbocycles. The van der Waals surface area contributed by atoms with E-state index in [0.717, 1.165) is 0 Å². The summed E-state index contributed by atoms with van der Waals surface area (Å²) < 4.78 is 36.5. The van der Waals surface area contributed by atoms with Gasteiger partial charge in [-0.1, -0.05) is 6.92 Å². The van der Waals surface area contributed by atoms with Crippen LogP contribution in [0.15, 0.2) is 6.33 Å². The van der Waals surface area contributed by atoms with Gasteiger partial charge in [-0.05, 0) is 13.3 Å². The predicted molar refractivity (Wildman–Crippen MR) is 59.6 cm³/mol. The molecule has 96 valence electrons. The first-order chi connectivity index (χ1) is 7.83. The molecule has 0 amide bonds. The average molecular weight is 248 g/mol. The SMILES string of the molecule is CCc1c(N)ncnc1NC(C)CC(F)(F)F. The molecule has 1 unspecified atom stereocenters. The van der Waals surface area contributed by atoms with Gasteiger partial charge in [0.15, 0.2) is 0 Å². The number of nitrogens with one attached hydrogen (secondary N) is 1. The number of alkyl halides is 3. The number of nitrogens with zero attached hydrogens (tertiary/aromatic N) is 2. The fourth-order valence-electron chi connectivity index (χ4n) is 1.53. The van der Waals surface area contributed by atoms with Crippen LogP contribution in [0.1, 0.15) is 25.8 Å². The summed E-state index contributed by atoms with van der Waals surface area (Å²) in [5.74, 6) is 0.668. The van der Waals surface area contributed by atoms with Crippen molar-refractivity contribution < 1.29 is 13.2 Å². The normalized spacial score (nSPS) is 13.5. The Labute approximate surface area is 97.4 Å². The van der Waals surface area contributed by atoms with E-state index in [9.17, 15) is 13.2 Å². The standard InChI is InChI=1S/C10H15F3N4/c1-3-7-8(14)15-5-16-9(7)17-6(2)4-10(11,12)13/h5-6H,3-4H2,1-2H3,(H3,14,15,16,17). The van der Waals surface area contributed by atoms with Crippen LogP contribution in [0.5, 0.6) is 0 Å². The molecule has 0 saturated carbocycles. The predicted octanol–water partition coefficient (Wildman–Crippen LogP) is 2.37. The number of halogens is 3. The molecular weight excluding hydrogens is 233 g/mol. The maximum absolute atomic E-state index is 12.2. The molecule has 0 fully saturated rings. The monoisotopic (exact) mass is 248 g/mol. The Morgan fingerprint density at radius 1 is 1.41 bits per heavy atom. The molecule has 1 rings (SSSR count). The molecule has 3 N–H and O–H groups in total. The van der Waals surface area contributed by atoms with Gasteiger partial charge < -0.3 is 11.1 Å². The van der Waals surface area contributed by atoms with Gasteiger partial charge in [0.1, 0.15) is 18.0 Å². The van der Waals surface area contributed by atoms with Gasteiger partial charge in [0, 0.05) is 11.6 Å². The summed E-state index contributed by atoms with van der Waals surface area (Å²) in [7, 11) is 0. The first-order valence-electron chi connectivity index (χ1n) is 5.26. The molecule has 0 bridgehead atoms. The van der Waals surface area contributed by atoms with Crippen LogP contribution in [0.4, 0.5) is 24.8 Å². The van der Waals surface area contributed by atoms with Crippen LogP contribution in [0, 0.1) is 0 Å². The lowest BCUT2D eigenvalue weighted by molar-refractivity contribution is -0.136. The van der Waals surface area contributed by atoms with Gasteiger partial charge in [0.2, 0.25) is 0 Å². The number of nitrogen functional groups attached to an aromatic ring is 1. The van der Waals surface area contributed by atoms with Crippen molar-refractivity contribution in [2.75, 3.05) is 11.1 Å². The summed E-state index contributed by atoms with van der Waals surface area (Å²) in [4.78, 5) is 7.71. The average Bonchev–Trinajstić information content (AvgIpc) is 2.14. The fourth-order valence-corrected chi connectivity index (χ4v) is 1.53. The van der Waals surface area contributed by atoms with E-state index in [2.05, 4.69) is 15.3 Å². The lowest BCUT2D eigenvalue weighted by Gasteiger charge is -2.18. The third kappa shape index (κ3) is 4.08. The lowest BCUT2D eigenvalue weighted by Crippen LogP contribution is -2.25. The Morgan fingerprint density at radius 2 is 2.06 bits per heavy atom. The van der Waals surface area contributed by atoms with Crippen molar-refractivity contribution in [1.29, 1.82) is 0 Å². The minimum absolute atomic E-state index is 0.296. The first kappa shape index (κ1) is 13.5. The quantitative estimate of drug-likeness (QED) is 0.858. The molecular formula is C10H15F3N4. The van der Waals surface area contributed by atoms with Gasteiger partial charge in [0.25, 0.3) is 0 Å². The number of hydrogen-bond donors (Lipinski definition) is 2. The van der Waals surface area contributed by atoms with Gasteiger partial charge in [-0.25, -0.2) is 9.97 Å². The Morgan fingerprint density at radius 3 is 2.59 bits per heavy atom. The van der Waals surface area contributed by atoms with Crippen LogP contribution >= 0.6 is 0 Å². The zero-order chi connectivity index (χ0) is 13.1. The molecule has 0 aromatic carbocycles. The molecule has 7 heteroatoms. The highest BCUT2D eigenvalue weighted by Gasteiger charge is 2.30. The number of rotatable bonds is 4. The molecule has 17 heavy (non-hydrogen) atoms. The summed E-state index contributed by atoms with van der Waals surface area (Å²) in [6, 6.07) is -0.755. The third-order valence-corrected chi connectivity index (χ3v) is 2.25. The Balaban J connectivity index is 2.78. The van der Waals surface area contributed by atoms with E-state index < -0.39 is 18.6 Å². The molecule has 1 atom stereocenters. The number of nitrogens with two attached hydrogens (primary N) is 1. The molecule has 1 aromatic heterocycles. The van der Waals surface area contributed by atoms with Crippen molar-refractivity contribution in [2.24, 2.45) is 0 Å². The van der Waals surface area contributed by atoms with E-state index in [1.807, 2.05) is 6.92 Å². The maximum atomic E-state index is 12.2. The van der Waals surface area contributed by atoms with E-state index in [4.69, 9.17) is 5.73 Å². The van der Waals surface area contributed by atoms with Crippen LogP contribution in [0.3, 0.4) is 0 Å². The summed E-state index contributed by atoms with van der Waals surface area (Å²) in [6.07, 6.45) is -3.32. The summed E-state index contributed by atoms with van der Waals surface area (Å²) in [5.41, 5.74) is 6.26. The van der Waals surface area contributed by atoms with E-state index in [1.165, 1.54) is 13.3 Å². The molecule has 0 aliphatic rings. The van der Waals surface area contributed by atoms with Crippen molar-refractivity contribution in [3.8, 4) is 0 Å². The molecule has 0 aliphatic heterocycles. The number of aromatic nitrogens is 2. The Bertz CT molecular complexity index is 378. The van der Waals surface area contributed by atoms with E-state index in [0.29, 0.717) is 23.6 Å². The Hall–Kier alpha value is -1.53. The highest BCUT2D eigenvalue weighted by Crippen LogP contribution is 2.24. The van der Waals surface area contributed by atoms with Gasteiger partial charge in [0.05, 0.1) is 6.42 Å². The molecule has 1 aromatic rings. The fraction of sp³-hybridized carbons (Fsp3) is 0.600. The summed E-state index contributed by atoms with van der Waals surface area (Å²) in [5, 5.41) is 2.71. The first-order valence-corrected chi connectivity index (χ1v) is 5.26. The topological polar surface area (TPSA) is 63.8 Å². The van der Waals surface area contributed by atoms with Crippen molar-refractivity contribution in [2.45, 2.75) is 38.9 Å². The van der Waals surface area contributed by atoms with Crippen molar-refractivity contribution in [3.05, 3.63) is 11.9 Å². The van der Waals surface area contributed by atoms with Gasteiger partial charge in [-0.15, -0.1) is 0 Å². The summed E-state index contributed by atoms with van der Waals surface area (Å²) >= 11 is 0. The van der Waals surface area contributed by atoms with Gasteiger partial charge in [-0.3, -0.25) is 0 Å². The highest BCUT2D eigenvalue weighted by molar-refractivity contribution is 5.55. The molecule has 1 heterocycles. The molecule has 0 saturated heterocycles. The van der Waals surface area contributed by atoms with Crippen molar-refractivity contribution >= 4 is 11.6 Å². The number of anilines is 2. The zero-order valence-corrected chi connectivity index (χ0v) is 9.67. The van der Waals surface area contributed by atoms with Crippen LogP contribution in [0.25, 0.3) is 0 Å². The van der Waals surface area contributed by atoms with Crippen LogP contribution in [0.2, 0.25) is 0 Å². The lowest BCUT2D eigenvalue weighted by atomic mass is 10.2. The molecule has 4 nitrogen and oxygen atoms in total. The minimum atomic E-state index is -4.20. The largest absolute Gasteiger partial charge is 0.391 e. The third-order valence-electron chi connectivity index (χ3n) is 2.25. The maximum Gasteiger partial charge on any atom is 0.391 e. The van der Waals surface area contributed by atoms with Crippen molar-refractivity contribution in [1.82, 2.24) is 9.97 Å². The highest BCUT2D eigenvalue weighted by atomic mass is 19.4. The van der Waals surface area contributed by atoms with E-state index >= 15 is 0 Å². The van der Waals surface area contributed by atoms with Crippen molar-refractivity contribution in [3.63, 3.8) is 0 Å². The second-order valence-corrected chi connectivity index (χ2v) is 3.80. The second-order valence-electron chi connectivity index (χ2n) is 3.80. The zero-order valence-electron chi connectivity index (χ0n) is 9.67. The summed E-state index contributed by atoms with van der Waals surface area (Å²) in [6.45, 7) is 3.29. The molecule has 0 radical (unpaired) electrons. The van der Waals surface area contributed by atoms with Gasteiger partial charge in [-0.2, -0.15) is 13.2 Å². The van der Waals surface area contributed by atoms with E-state index in [1.54, 1.807) is 0 Å². The Kier molecular flexibility index (Phi) is 4.14. The number of hydrogen-bond acceptors (Lipinski definition) is 4.